The van der Waals surface area contributed by atoms with E-state index in [1.54, 1.807) is 0 Å². The molecule has 0 spiro atoms. The lowest BCUT2D eigenvalue weighted by molar-refractivity contribution is -0.170. The second kappa shape index (κ2) is 5.51. The van der Waals surface area contributed by atoms with E-state index < -0.39 is 0 Å². The largest absolute Gasteiger partial charge is 0.462 e. The van der Waals surface area contributed by atoms with Gasteiger partial charge in [0.1, 0.15) is 6.10 Å². The third kappa shape index (κ3) is 2.52. The molecule has 2 fully saturated rings. The summed E-state index contributed by atoms with van der Waals surface area (Å²) in [4.78, 5) is 11.4. The standard InChI is InChI=1S/C17H28O3/c1-10(2)13-8-9-17(5)14(20-12(4)18)7-6-11(3)15(17)16(13)19/h10,13-16,19H,3,6-9H2,1-2,4-5H3/t13-,14+,15+,16-,17-/m0/s1. The van der Waals surface area contributed by atoms with Crippen LogP contribution in [0, 0.1) is 23.2 Å². The second-order valence-electron chi connectivity index (χ2n) is 7.22. The fourth-order valence-electron chi connectivity index (χ4n) is 4.43. The van der Waals surface area contributed by atoms with Gasteiger partial charge in [0.05, 0.1) is 6.10 Å². The molecule has 0 aromatic carbocycles. The van der Waals surface area contributed by atoms with E-state index in [0.29, 0.717) is 11.8 Å². The molecule has 1 N–H and O–H groups in total. The highest BCUT2D eigenvalue weighted by atomic mass is 16.5. The molecular formula is C17H28O3. The molecule has 2 aliphatic carbocycles. The fourth-order valence-corrected chi connectivity index (χ4v) is 4.43. The Morgan fingerprint density at radius 2 is 2.10 bits per heavy atom. The van der Waals surface area contributed by atoms with Gasteiger partial charge in [0.25, 0.3) is 0 Å². The Balaban J connectivity index is 2.29. The van der Waals surface area contributed by atoms with Gasteiger partial charge in [-0.2, -0.15) is 0 Å². The van der Waals surface area contributed by atoms with Crippen LogP contribution in [-0.2, 0) is 9.53 Å². The first-order chi connectivity index (χ1) is 9.27. The quantitative estimate of drug-likeness (QED) is 0.623. The number of carbonyl (C=O) groups excluding carboxylic acids is 1. The van der Waals surface area contributed by atoms with Crippen molar-refractivity contribution in [1.29, 1.82) is 0 Å². The van der Waals surface area contributed by atoms with E-state index in [0.717, 1.165) is 31.3 Å². The molecule has 3 heteroatoms. The highest BCUT2D eigenvalue weighted by molar-refractivity contribution is 5.66. The molecule has 0 aliphatic heterocycles. The van der Waals surface area contributed by atoms with E-state index in [1.807, 2.05) is 0 Å². The summed E-state index contributed by atoms with van der Waals surface area (Å²) in [5.41, 5.74) is 0.972. The molecule has 2 saturated carbocycles. The van der Waals surface area contributed by atoms with Gasteiger partial charge in [-0.15, -0.1) is 0 Å². The van der Waals surface area contributed by atoms with E-state index in [4.69, 9.17) is 4.74 Å². The van der Waals surface area contributed by atoms with Crippen molar-refractivity contribution in [3.63, 3.8) is 0 Å². The number of ether oxygens (including phenoxy) is 1. The molecule has 0 aromatic heterocycles. The van der Waals surface area contributed by atoms with E-state index in [9.17, 15) is 9.90 Å². The van der Waals surface area contributed by atoms with Crippen molar-refractivity contribution < 1.29 is 14.6 Å². The number of esters is 1. The highest BCUT2D eigenvalue weighted by Crippen LogP contribution is 2.55. The van der Waals surface area contributed by atoms with Gasteiger partial charge in [0.15, 0.2) is 0 Å². The maximum Gasteiger partial charge on any atom is 0.302 e. The Morgan fingerprint density at radius 3 is 2.65 bits per heavy atom. The van der Waals surface area contributed by atoms with Crippen LogP contribution < -0.4 is 0 Å². The molecule has 0 amide bonds. The molecule has 2 aliphatic rings. The van der Waals surface area contributed by atoms with Crippen molar-refractivity contribution in [2.24, 2.45) is 23.2 Å². The average Bonchev–Trinajstić information content (AvgIpc) is 2.32. The van der Waals surface area contributed by atoms with Gasteiger partial charge in [-0.05, 0) is 37.5 Å². The van der Waals surface area contributed by atoms with Gasteiger partial charge in [0.2, 0.25) is 0 Å². The van der Waals surface area contributed by atoms with Gasteiger partial charge in [-0.1, -0.05) is 32.9 Å². The third-order valence-corrected chi connectivity index (χ3v) is 5.57. The number of carbonyl (C=O) groups is 1. The van der Waals surface area contributed by atoms with Gasteiger partial charge >= 0.3 is 5.97 Å². The number of hydrogen-bond acceptors (Lipinski definition) is 3. The number of aliphatic hydroxyl groups is 1. The highest BCUT2D eigenvalue weighted by Gasteiger charge is 2.54. The zero-order valence-electron chi connectivity index (χ0n) is 13.2. The summed E-state index contributed by atoms with van der Waals surface area (Å²) in [6, 6.07) is 0. The Labute approximate surface area is 122 Å². The molecule has 0 aromatic rings. The van der Waals surface area contributed by atoms with Crippen molar-refractivity contribution in [3.8, 4) is 0 Å². The van der Waals surface area contributed by atoms with E-state index in [1.165, 1.54) is 6.92 Å². The molecule has 0 heterocycles. The van der Waals surface area contributed by atoms with Crippen LogP contribution in [-0.4, -0.2) is 23.3 Å². The number of hydrogen-bond donors (Lipinski definition) is 1. The zero-order chi connectivity index (χ0) is 15.1. The Morgan fingerprint density at radius 1 is 1.45 bits per heavy atom. The van der Waals surface area contributed by atoms with E-state index in [-0.39, 0.29) is 29.5 Å². The Kier molecular flexibility index (Phi) is 4.29. The summed E-state index contributed by atoms with van der Waals surface area (Å²) in [5, 5.41) is 10.8. The molecule has 0 radical (unpaired) electrons. The predicted molar refractivity (Wildman–Crippen MR) is 79.1 cm³/mol. The molecule has 2 rings (SSSR count). The normalized spacial score (nSPS) is 41.4. The first-order valence-corrected chi connectivity index (χ1v) is 7.80. The van der Waals surface area contributed by atoms with Gasteiger partial charge in [0, 0.05) is 18.3 Å². The van der Waals surface area contributed by atoms with Crippen molar-refractivity contribution in [2.45, 2.75) is 65.6 Å². The summed E-state index contributed by atoms with van der Waals surface area (Å²) in [6.07, 6.45) is 3.23. The monoisotopic (exact) mass is 280 g/mol. The Bertz CT molecular complexity index is 401. The predicted octanol–water partition coefficient (Wildman–Crippen LogP) is 3.32. The first-order valence-electron chi connectivity index (χ1n) is 7.80. The number of aliphatic hydroxyl groups excluding tert-OH is 1. The van der Waals surface area contributed by atoms with Crippen molar-refractivity contribution in [2.75, 3.05) is 0 Å². The third-order valence-electron chi connectivity index (χ3n) is 5.57. The van der Waals surface area contributed by atoms with Crippen LogP contribution in [0.15, 0.2) is 12.2 Å². The zero-order valence-corrected chi connectivity index (χ0v) is 13.2. The van der Waals surface area contributed by atoms with Gasteiger partial charge in [-0.25, -0.2) is 0 Å². The summed E-state index contributed by atoms with van der Waals surface area (Å²) >= 11 is 0. The lowest BCUT2D eigenvalue weighted by atomic mass is 9.53. The summed E-state index contributed by atoms with van der Waals surface area (Å²) in [6.45, 7) is 12.2. The summed E-state index contributed by atoms with van der Waals surface area (Å²) < 4.78 is 5.56. The lowest BCUT2D eigenvalue weighted by Gasteiger charge is -2.55. The first kappa shape index (κ1) is 15.6. The molecular weight excluding hydrogens is 252 g/mol. The minimum Gasteiger partial charge on any atom is -0.462 e. The SMILES string of the molecule is C=C1CC[C@@H](OC(C)=O)[C@]2(C)CC[C@@H](C(C)C)[C@H](O)[C@@H]12. The lowest BCUT2D eigenvalue weighted by Crippen LogP contribution is -2.55. The van der Waals surface area contributed by atoms with Crippen molar-refractivity contribution >= 4 is 5.97 Å². The topological polar surface area (TPSA) is 46.5 Å². The van der Waals surface area contributed by atoms with Crippen LogP contribution in [0.25, 0.3) is 0 Å². The molecule has 0 unspecified atom stereocenters. The van der Waals surface area contributed by atoms with E-state index >= 15 is 0 Å². The van der Waals surface area contributed by atoms with Crippen LogP contribution in [0.1, 0.15) is 53.4 Å². The van der Waals surface area contributed by atoms with Crippen LogP contribution >= 0.6 is 0 Å². The molecule has 114 valence electrons. The van der Waals surface area contributed by atoms with E-state index in [2.05, 4.69) is 27.4 Å². The maximum atomic E-state index is 11.4. The fraction of sp³-hybridized carbons (Fsp3) is 0.824. The summed E-state index contributed by atoms with van der Waals surface area (Å²) in [7, 11) is 0. The van der Waals surface area contributed by atoms with Crippen molar-refractivity contribution in [1.82, 2.24) is 0 Å². The van der Waals surface area contributed by atoms with Gasteiger partial charge < -0.3 is 9.84 Å². The minimum atomic E-state index is -0.361. The van der Waals surface area contributed by atoms with Gasteiger partial charge in [-0.3, -0.25) is 4.79 Å². The minimum absolute atomic E-state index is 0.0572. The molecule has 20 heavy (non-hydrogen) atoms. The number of rotatable bonds is 2. The second-order valence-corrected chi connectivity index (χ2v) is 7.22. The smallest absolute Gasteiger partial charge is 0.302 e. The summed E-state index contributed by atoms with van der Waals surface area (Å²) in [5.74, 6) is 0.627. The molecule has 3 nitrogen and oxygen atoms in total. The number of fused-ring (bicyclic) bond motifs is 1. The van der Waals surface area contributed by atoms with Crippen molar-refractivity contribution in [3.05, 3.63) is 12.2 Å². The maximum absolute atomic E-state index is 11.4. The van der Waals surface area contributed by atoms with Crippen LogP contribution in [0.5, 0.6) is 0 Å². The molecule has 5 atom stereocenters. The van der Waals surface area contributed by atoms with Crippen LogP contribution in [0.4, 0.5) is 0 Å². The average molecular weight is 280 g/mol. The van der Waals surface area contributed by atoms with Crippen LogP contribution in [0.2, 0.25) is 0 Å². The molecule has 0 bridgehead atoms. The van der Waals surface area contributed by atoms with Crippen LogP contribution in [0.3, 0.4) is 0 Å². The Hall–Kier alpha value is -0.830. The molecule has 0 saturated heterocycles.